The predicted octanol–water partition coefficient (Wildman–Crippen LogP) is 1.80. The molecule has 3 heteroatoms. The lowest BCUT2D eigenvalue weighted by Gasteiger charge is -2.23. The third-order valence-electron chi connectivity index (χ3n) is 3.36. The van der Waals surface area contributed by atoms with Crippen molar-refractivity contribution in [1.29, 1.82) is 0 Å². The summed E-state index contributed by atoms with van der Waals surface area (Å²) in [6.45, 7) is 0. The van der Waals surface area contributed by atoms with Crippen molar-refractivity contribution in [3.63, 3.8) is 0 Å². The molecule has 0 bridgehead atoms. The number of esters is 2. The van der Waals surface area contributed by atoms with Crippen molar-refractivity contribution in [2.24, 2.45) is 0 Å². The number of carbonyl (C=O) groups is 2. The molecule has 3 rings (SSSR count). The molecule has 0 aromatic heterocycles. The highest BCUT2D eigenvalue weighted by Gasteiger charge is 2.29. The van der Waals surface area contributed by atoms with Crippen molar-refractivity contribution in [2.45, 2.75) is 32.1 Å². The molecule has 0 spiro atoms. The van der Waals surface area contributed by atoms with Gasteiger partial charge in [0.05, 0.1) is 12.0 Å². The Bertz CT molecular complexity index is 488. The summed E-state index contributed by atoms with van der Waals surface area (Å²) >= 11 is 0. The number of hydrogen-bond acceptors (Lipinski definition) is 3. The molecule has 0 radical (unpaired) electrons. The van der Waals surface area contributed by atoms with Gasteiger partial charge in [-0.1, -0.05) is 12.1 Å². The summed E-state index contributed by atoms with van der Waals surface area (Å²) in [5.41, 5.74) is 3.86. The van der Waals surface area contributed by atoms with E-state index in [1.54, 1.807) is 0 Å². The molecule has 0 amide bonds. The quantitative estimate of drug-likeness (QED) is 0.490. The van der Waals surface area contributed by atoms with Crippen molar-refractivity contribution >= 4 is 11.9 Å². The second-order valence-corrected chi connectivity index (χ2v) is 4.38. The Morgan fingerprint density at radius 2 is 1.75 bits per heavy atom. The Morgan fingerprint density at radius 1 is 1.00 bits per heavy atom. The van der Waals surface area contributed by atoms with E-state index in [1.807, 2.05) is 6.07 Å². The van der Waals surface area contributed by atoms with Crippen LogP contribution in [0.1, 0.15) is 39.9 Å². The number of benzene rings is 1. The minimum absolute atomic E-state index is 0.231. The highest BCUT2D eigenvalue weighted by molar-refractivity contribution is 6.03. The van der Waals surface area contributed by atoms with Crippen LogP contribution in [0, 0.1) is 0 Å². The Balaban J connectivity index is 2.19. The zero-order valence-electron chi connectivity index (χ0n) is 8.91. The molecule has 1 aliphatic carbocycles. The molecule has 0 unspecified atom stereocenters. The summed E-state index contributed by atoms with van der Waals surface area (Å²) in [4.78, 5) is 22.9. The highest BCUT2D eigenvalue weighted by Crippen LogP contribution is 2.30. The van der Waals surface area contributed by atoms with Gasteiger partial charge in [0, 0.05) is 0 Å². The Morgan fingerprint density at radius 3 is 2.62 bits per heavy atom. The average molecular weight is 216 g/mol. The van der Waals surface area contributed by atoms with Crippen LogP contribution in [0.3, 0.4) is 0 Å². The van der Waals surface area contributed by atoms with Gasteiger partial charge in [-0.2, -0.15) is 0 Å². The van der Waals surface area contributed by atoms with Crippen LogP contribution in [0.5, 0.6) is 0 Å². The topological polar surface area (TPSA) is 43.4 Å². The van der Waals surface area contributed by atoms with Gasteiger partial charge >= 0.3 is 11.9 Å². The van der Waals surface area contributed by atoms with E-state index in [0.717, 1.165) is 30.4 Å². The van der Waals surface area contributed by atoms with Gasteiger partial charge in [-0.05, 0) is 42.4 Å². The fraction of sp³-hybridized carbons (Fsp3) is 0.385. The van der Waals surface area contributed by atoms with Crippen LogP contribution in [-0.4, -0.2) is 11.9 Å². The molecule has 0 N–H and O–H groups in total. The van der Waals surface area contributed by atoms with Gasteiger partial charge in [0.2, 0.25) is 0 Å². The smallest absolute Gasteiger partial charge is 0.346 e. The fourth-order valence-corrected chi connectivity index (χ4v) is 2.62. The normalized spacial score (nSPS) is 18.8. The van der Waals surface area contributed by atoms with Crippen LogP contribution in [0.4, 0.5) is 0 Å². The molecule has 1 aliphatic heterocycles. The van der Waals surface area contributed by atoms with Crippen molar-refractivity contribution in [1.82, 2.24) is 0 Å². The van der Waals surface area contributed by atoms with E-state index >= 15 is 0 Å². The molecule has 0 saturated carbocycles. The molecule has 82 valence electrons. The lowest BCUT2D eigenvalue weighted by Crippen LogP contribution is -2.25. The monoisotopic (exact) mass is 216 g/mol. The minimum atomic E-state index is -0.454. The molecule has 2 aliphatic rings. The maximum Gasteiger partial charge on any atom is 0.346 e. The van der Waals surface area contributed by atoms with Gasteiger partial charge in [-0.3, -0.25) is 4.79 Å². The van der Waals surface area contributed by atoms with E-state index in [0.29, 0.717) is 5.56 Å². The number of aryl methyl sites for hydroxylation is 1. The number of carbonyl (C=O) groups excluding carboxylic acids is 2. The van der Waals surface area contributed by atoms with Crippen LogP contribution in [0.15, 0.2) is 12.1 Å². The Labute approximate surface area is 93.4 Å². The molecule has 16 heavy (non-hydrogen) atoms. The Kier molecular flexibility index (Phi) is 2.06. The summed E-state index contributed by atoms with van der Waals surface area (Å²) in [5, 5.41) is 0. The third kappa shape index (κ3) is 1.35. The standard InChI is InChI=1S/C13H12O3/c14-11-7-9-6-5-8-3-1-2-4-10(8)12(9)13(15)16-11/h5-6H,1-4,7H2. The number of cyclic esters (lactones) is 2. The first kappa shape index (κ1) is 9.58. The van der Waals surface area contributed by atoms with Crippen LogP contribution in [0.25, 0.3) is 0 Å². The second kappa shape index (κ2) is 3.44. The summed E-state index contributed by atoms with van der Waals surface area (Å²) in [5.74, 6) is -0.891. The largest absolute Gasteiger partial charge is 0.389 e. The van der Waals surface area contributed by atoms with Crippen LogP contribution in [0.2, 0.25) is 0 Å². The van der Waals surface area contributed by atoms with E-state index in [2.05, 4.69) is 6.07 Å². The van der Waals surface area contributed by atoms with Crippen LogP contribution < -0.4 is 0 Å². The number of rotatable bonds is 0. The van der Waals surface area contributed by atoms with E-state index in [1.165, 1.54) is 12.0 Å². The molecule has 1 heterocycles. The van der Waals surface area contributed by atoms with Crippen LogP contribution >= 0.6 is 0 Å². The average Bonchev–Trinajstić information content (AvgIpc) is 2.28. The lowest BCUT2D eigenvalue weighted by molar-refractivity contribution is -0.137. The minimum Gasteiger partial charge on any atom is -0.389 e. The fourth-order valence-electron chi connectivity index (χ4n) is 2.62. The van der Waals surface area contributed by atoms with Gasteiger partial charge in [0.1, 0.15) is 0 Å². The van der Waals surface area contributed by atoms with Crippen molar-refractivity contribution in [2.75, 3.05) is 0 Å². The Hall–Kier alpha value is -1.64. The molecule has 1 aromatic rings. The van der Waals surface area contributed by atoms with Gasteiger partial charge in [0.15, 0.2) is 0 Å². The summed E-state index contributed by atoms with van der Waals surface area (Å²) in [6, 6.07) is 3.96. The van der Waals surface area contributed by atoms with E-state index < -0.39 is 11.9 Å². The van der Waals surface area contributed by atoms with Crippen molar-refractivity contribution in [3.05, 3.63) is 34.4 Å². The first-order valence-corrected chi connectivity index (χ1v) is 5.64. The molecule has 3 nitrogen and oxygen atoms in total. The SMILES string of the molecule is O=C1Cc2ccc3c(c2C(=O)O1)CCCC3. The molecular weight excluding hydrogens is 204 g/mol. The zero-order chi connectivity index (χ0) is 11.1. The van der Waals surface area contributed by atoms with E-state index in [9.17, 15) is 9.59 Å². The molecule has 0 atom stereocenters. The maximum absolute atomic E-state index is 11.7. The summed E-state index contributed by atoms with van der Waals surface area (Å²) < 4.78 is 4.70. The lowest BCUT2D eigenvalue weighted by atomic mass is 9.84. The number of ether oxygens (including phenoxy) is 1. The molecule has 0 saturated heterocycles. The van der Waals surface area contributed by atoms with Crippen LogP contribution in [-0.2, 0) is 28.8 Å². The highest BCUT2D eigenvalue weighted by atomic mass is 16.6. The van der Waals surface area contributed by atoms with E-state index in [4.69, 9.17) is 4.74 Å². The van der Waals surface area contributed by atoms with Gasteiger partial charge in [-0.15, -0.1) is 0 Å². The maximum atomic E-state index is 11.7. The first-order chi connectivity index (χ1) is 7.75. The first-order valence-electron chi connectivity index (χ1n) is 5.64. The van der Waals surface area contributed by atoms with E-state index in [-0.39, 0.29) is 6.42 Å². The second-order valence-electron chi connectivity index (χ2n) is 4.38. The molecule has 0 fully saturated rings. The summed E-state index contributed by atoms with van der Waals surface area (Å²) in [7, 11) is 0. The van der Waals surface area contributed by atoms with Crippen molar-refractivity contribution in [3.8, 4) is 0 Å². The molecular formula is C13H12O3. The third-order valence-corrected chi connectivity index (χ3v) is 3.36. The van der Waals surface area contributed by atoms with Gasteiger partial charge in [0.25, 0.3) is 0 Å². The van der Waals surface area contributed by atoms with Gasteiger partial charge < -0.3 is 4.74 Å². The number of hydrogen-bond donors (Lipinski definition) is 0. The van der Waals surface area contributed by atoms with Gasteiger partial charge in [-0.25, -0.2) is 4.79 Å². The summed E-state index contributed by atoms with van der Waals surface area (Å²) in [6.07, 6.45) is 4.49. The molecule has 1 aromatic carbocycles. The zero-order valence-corrected chi connectivity index (χ0v) is 8.91. The number of fused-ring (bicyclic) bond motifs is 3. The predicted molar refractivity (Wildman–Crippen MR) is 57.2 cm³/mol. The van der Waals surface area contributed by atoms with Crippen molar-refractivity contribution < 1.29 is 14.3 Å².